The maximum Gasteiger partial charge on any atom is 0.253 e. The Hall–Kier alpha value is -3.01. The molecule has 24 heavy (non-hydrogen) atoms. The van der Waals surface area contributed by atoms with Gasteiger partial charge in [-0.2, -0.15) is 5.26 Å². The lowest BCUT2D eigenvalue weighted by Gasteiger charge is -2.32. The number of benzene rings is 1. The van der Waals surface area contributed by atoms with E-state index in [4.69, 9.17) is 10.00 Å². The first kappa shape index (κ1) is 15.9. The number of nitriles is 1. The summed E-state index contributed by atoms with van der Waals surface area (Å²) in [7, 11) is 0. The summed E-state index contributed by atoms with van der Waals surface area (Å²) in [6, 6.07) is 7.41. The first-order chi connectivity index (χ1) is 11.7. The maximum absolute atomic E-state index is 13.0. The van der Waals surface area contributed by atoms with Crippen molar-refractivity contribution in [2.24, 2.45) is 0 Å². The van der Waals surface area contributed by atoms with Crippen LogP contribution in [0.25, 0.3) is 0 Å². The molecule has 0 bridgehead atoms. The third kappa shape index (κ3) is 3.49. The van der Waals surface area contributed by atoms with Crippen molar-refractivity contribution in [1.29, 1.82) is 5.26 Å². The predicted molar refractivity (Wildman–Crippen MR) is 82.7 cm³/mol. The van der Waals surface area contributed by atoms with E-state index in [1.54, 1.807) is 4.90 Å². The normalized spacial score (nSPS) is 17.2. The van der Waals surface area contributed by atoms with Gasteiger partial charge >= 0.3 is 0 Å². The van der Waals surface area contributed by atoms with Crippen LogP contribution in [0.2, 0.25) is 0 Å². The maximum atomic E-state index is 13.0. The summed E-state index contributed by atoms with van der Waals surface area (Å²) >= 11 is 0. The van der Waals surface area contributed by atoms with E-state index < -0.39 is 0 Å². The van der Waals surface area contributed by atoms with Crippen molar-refractivity contribution in [2.45, 2.75) is 18.9 Å². The van der Waals surface area contributed by atoms with E-state index in [0.717, 1.165) is 12.8 Å². The van der Waals surface area contributed by atoms with E-state index in [9.17, 15) is 9.18 Å². The third-order valence-electron chi connectivity index (χ3n) is 3.81. The number of piperidine rings is 1. The molecule has 2 aromatic rings. The number of amides is 1. The van der Waals surface area contributed by atoms with Crippen LogP contribution in [0, 0.1) is 17.1 Å². The van der Waals surface area contributed by atoms with E-state index in [1.165, 1.54) is 36.7 Å². The number of rotatable bonds is 3. The number of hydrogen-bond donors (Lipinski definition) is 0. The molecule has 0 spiro atoms. The van der Waals surface area contributed by atoms with Gasteiger partial charge in [0, 0.05) is 24.5 Å². The zero-order valence-corrected chi connectivity index (χ0v) is 12.9. The van der Waals surface area contributed by atoms with E-state index in [2.05, 4.69) is 9.97 Å². The van der Waals surface area contributed by atoms with Crippen molar-refractivity contribution in [1.82, 2.24) is 14.9 Å². The van der Waals surface area contributed by atoms with Gasteiger partial charge in [0.2, 0.25) is 5.69 Å². The fourth-order valence-corrected chi connectivity index (χ4v) is 2.64. The fraction of sp³-hybridized carbons (Fsp3) is 0.294. The first-order valence-electron chi connectivity index (χ1n) is 7.60. The molecule has 122 valence electrons. The second-order valence-corrected chi connectivity index (χ2v) is 5.46. The molecule has 1 unspecified atom stereocenters. The molecular formula is C17H15FN4O2. The summed E-state index contributed by atoms with van der Waals surface area (Å²) in [4.78, 5) is 22.1. The summed E-state index contributed by atoms with van der Waals surface area (Å²) in [5.74, 6) is -0.359. The lowest BCUT2D eigenvalue weighted by Crippen LogP contribution is -2.44. The summed E-state index contributed by atoms with van der Waals surface area (Å²) < 4.78 is 18.7. The van der Waals surface area contributed by atoms with E-state index in [0.29, 0.717) is 18.7 Å². The van der Waals surface area contributed by atoms with Crippen molar-refractivity contribution in [2.75, 3.05) is 13.1 Å². The van der Waals surface area contributed by atoms with Crippen LogP contribution in [0.1, 0.15) is 28.9 Å². The molecule has 1 amide bonds. The van der Waals surface area contributed by atoms with E-state index in [1.807, 2.05) is 6.07 Å². The number of halogens is 1. The number of likely N-dealkylation sites (tertiary alicyclic amines) is 1. The third-order valence-corrected chi connectivity index (χ3v) is 3.81. The Labute approximate surface area is 138 Å². The van der Waals surface area contributed by atoms with Crippen LogP contribution in [0.5, 0.6) is 5.88 Å². The average molecular weight is 326 g/mol. The Kier molecular flexibility index (Phi) is 4.66. The van der Waals surface area contributed by atoms with Gasteiger partial charge in [-0.25, -0.2) is 14.4 Å². The second kappa shape index (κ2) is 7.04. The zero-order chi connectivity index (χ0) is 16.9. The molecule has 0 saturated carbocycles. The van der Waals surface area contributed by atoms with Crippen LogP contribution in [0.15, 0.2) is 36.7 Å². The number of aromatic nitrogens is 2. The second-order valence-electron chi connectivity index (χ2n) is 5.46. The smallest absolute Gasteiger partial charge is 0.253 e. The SMILES string of the molecule is N#Cc1nccnc1OC1CCCN(C(=O)c2ccc(F)cc2)C1. The summed E-state index contributed by atoms with van der Waals surface area (Å²) in [5, 5.41) is 9.03. The molecule has 1 aliphatic rings. The molecule has 1 aromatic heterocycles. The molecule has 1 atom stereocenters. The highest BCUT2D eigenvalue weighted by atomic mass is 19.1. The molecule has 3 rings (SSSR count). The quantitative estimate of drug-likeness (QED) is 0.863. The Morgan fingerprint density at radius 3 is 2.79 bits per heavy atom. The van der Waals surface area contributed by atoms with Crippen LogP contribution < -0.4 is 4.74 Å². The van der Waals surface area contributed by atoms with Crippen LogP contribution >= 0.6 is 0 Å². The number of carbonyl (C=O) groups excluding carboxylic acids is 1. The molecule has 7 heteroatoms. The van der Waals surface area contributed by atoms with Gasteiger partial charge in [-0.15, -0.1) is 0 Å². The van der Waals surface area contributed by atoms with Crippen molar-refractivity contribution in [3.63, 3.8) is 0 Å². The fourth-order valence-electron chi connectivity index (χ4n) is 2.64. The Balaban J connectivity index is 1.69. The van der Waals surface area contributed by atoms with Crippen LogP contribution in [-0.2, 0) is 0 Å². The Bertz CT molecular complexity index is 773. The van der Waals surface area contributed by atoms with Gasteiger partial charge in [0.05, 0.1) is 6.54 Å². The van der Waals surface area contributed by atoms with Crippen LogP contribution in [-0.4, -0.2) is 40.0 Å². The summed E-state index contributed by atoms with van der Waals surface area (Å²) in [6.45, 7) is 0.999. The van der Waals surface area contributed by atoms with E-state index in [-0.39, 0.29) is 29.4 Å². The summed E-state index contributed by atoms with van der Waals surface area (Å²) in [6.07, 6.45) is 4.16. The van der Waals surface area contributed by atoms with Gasteiger partial charge in [-0.3, -0.25) is 4.79 Å². The van der Waals surface area contributed by atoms with Gasteiger partial charge in [0.1, 0.15) is 18.0 Å². The van der Waals surface area contributed by atoms with Crippen LogP contribution in [0.4, 0.5) is 4.39 Å². The van der Waals surface area contributed by atoms with Crippen LogP contribution in [0.3, 0.4) is 0 Å². The number of carbonyl (C=O) groups is 1. The van der Waals surface area contributed by atoms with Crippen molar-refractivity contribution in [3.8, 4) is 11.9 Å². The molecular weight excluding hydrogens is 311 g/mol. The Morgan fingerprint density at radius 1 is 1.29 bits per heavy atom. The lowest BCUT2D eigenvalue weighted by atomic mass is 10.1. The molecule has 1 fully saturated rings. The largest absolute Gasteiger partial charge is 0.470 e. The van der Waals surface area contributed by atoms with Crippen molar-refractivity contribution >= 4 is 5.91 Å². The standard InChI is InChI=1S/C17H15FN4O2/c18-13-5-3-12(4-6-13)17(23)22-9-1-2-14(11-22)24-16-15(10-19)20-7-8-21-16/h3-8,14H,1-2,9,11H2. The highest BCUT2D eigenvalue weighted by Gasteiger charge is 2.26. The Morgan fingerprint density at radius 2 is 2.04 bits per heavy atom. The van der Waals surface area contributed by atoms with Gasteiger partial charge in [-0.1, -0.05) is 0 Å². The van der Waals surface area contributed by atoms with Gasteiger partial charge in [0.25, 0.3) is 11.8 Å². The van der Waals surface area contributed by atoms with Crippen molar-refractivity contribution < 1.29 is 13.9 Å². The van der Waals surface area contributed by atoms with Gasteiger partial charge in [0.15, 0.2) is 0 Å². The van der Waals surface area contributed by atoms with Gasteiger partial charge < -0.3 is 9.64 Å². The molecule has 1 aliphatic heterocycles. The number of hydrogen-bond acceptors (Lipinski definition) is 5. The molecule has 2 heterocycles. The monoisotopic (exact) mass is 326 g/mol. The van der Waals surface area contributed by atoms with E-state index >= 15 is 0 Å². The minimum Gasteiger partial charge on any atom is -0.470 e. The topological polar surface area (TPSA) is 79.1 Å². The zero-order valence-electron chi connectivity index (χ0n) is 12.9. The van der Waals surface area contributed by atoms with Crippen molar-refractivity contribution in [3.05, 3.63) is 53.7 Å². The lowest BCUT2D eigenvalue weighted by molar-refractivity contribution is 0.0526. The van der Waals surface area contributed by atoms with Gasteiger partial charge in [-0.05, 0) is 37.1 Å². The number of nitrogens with zero attached hydrogens (tertiary/aromatic N) is 4. The molecule has 6 nitrogen and oxygen atoms in total. The summed E-state index contributed by atoms with van der Waals surface area (Å²) in [5.41, 5.74) is 0.564. The molecule has 1 aromatic carbocycles. The predicted octanol–water partition coefficient (Wildman–Crippen LogP) is 2.17. The molecule has 0 aliphatic carbocycles. The highest BCUT2D eigenvalue weighted by molar-refractivity contribution is 5.94. The number of ether oxygens (including phenoxy) is 1. The first-order valence-corrected chi connectivity index (χ1v) is 7.60. The molecule has 0 radical (unpaired) electrons. The minimum atomic E-state index is -0.377. The molecule has 0 N–H and O–H groups in total. The molecule has 1 saturated heterocycles. The average Bonchev–Trinajstić information content (AvgIpc) is 2.62. The minimum absolute atomic E-state index is 0.125. The highest BCUT2D eigenvalue weighted by Crippen LogP contribution is 2.20.